The summed E-state index contributed by atoms with van der Waals surface area (Å²) in [4.78, 5) is 0. The van der Waals surface area contributed by atoms with Crippen LogP contribution in [0.5, 0.6) is 0 Å². The van der Waals surface area contributed by atoms with Gasteiger partial charge < -0.3 is 0 Å². The van der Waals surface area contributed by atoms with Crippen molar-refractivity contribution in [2.75, 3.05) is 0 Å². The fraction of sp³-hybridized carbons (Fsp3) is 0.417. The van der Waals surface area contributed by atoms with Crippen molar-refractivity contribution >= 4 is 0 Å². The molecule has 66 valence electrons. The van der Waals surface area contributed by atoms with Gasteiger partial charge in [-0.05, 0) is 30.4 Å². The highest BCUT2D eigenvalue weighted by Crippen LogP contribution is 2.35. The molecule has 0 amide bonds. The molecule has 0 saturated heterocycles. The standard InChI is InChI=1S/C12H13N/c13-9-11-7-3-4-8-12(11)10-5-1-2-6-10/h3-4,7-8,10H,1-2,5-6H2. The number of hydrogen-bond donors (Lipinski definition) is 0. The third-order valence-corrected chi connectivity index (χ3v) is 2.88. The molecule has 0 bridgehead atoms. The van der Waals surface area contributed by atoms with E-state index < -0.39 is 0 Å². The lowest BCUT2D eigenvalue weighted by atomic mass is 9.93. The van der Waals surface area contributed by atoms with Gasteiger partial charge >= 0.3 is 0 Å². The van der Waals surface area contributed by atoms with Crippen molar-refractivity contribution in [3.8, 4) is 6.07 Å². The van der Waals surface area contributed by atoms with E-state index in [0.29, 0.717) is 5.92 Å². The molecule has 13 heavy (non-hydrogen) atoms. The molecular formula is C12H13N. The topological polar surface area (TPSA) is 23.8 Å². The Hall–Kier alpha value is -1.29. The van der Waals surface area contributed by atoms with Crippen LogP contribution in [-0.2, 0) is 0 Å². The van der Waals surface area contributed by atoms with Crippen molar-refractivity contribution in [3.63, 3.8) is 0 Å². The Balaban J connectivity index is 2.33. The molecule has 0 aliphatic heterocycles. The van der Waals surface area contributed by atoms with Crippen LogP contribution in [0.1, 0.15) is 42.7 Å². The molecule has 1 aliphatic rings. The van der Waals surface area contributed by atoms with Crippen molar-refractivity contribution in [1.82, 2.24) is 0 Å². The van der Waals surface area contributed by atoms with Crippen LogP contribution in [-0.4, -0.2) is 0 Å². The molecular weight excluding hydrogens is 158 g/mol. The molecule has 0 unspecified atom stereocenters. The normalized spacial score (nSPS) is 17.2. The minimum Gasteiger partial charge on any atom is -0.192 e. The van der Waals surface area contributed by atoms with Gasteiger partial charge in [0, 0.05) is 0 Å². The van der Waals surface area contributed by atoms with E-state index in [2.05, 4.69) is 12.1 Å². The second kappa shape index (κ2) is 3.62. The molecule has 2 rings (SSSR count). The molecule has 0 heterocycles. The van der Waals surface area contributed by atoms with Gasteiger partial charge in [0.15, 0.2) is 0 Å². The van der Waals surface area contributed by atoms with Crippen molar-refractivity contribution in [2.24, 2.45) is 0 Å². The van der Waals surface area contributed by atoms with E-state index >= 15 is 0 Å². The van der Waals surface area contributed by atoms with Gasteiger partial charge in [0.2, 0.25) is 0 Å². The second-order valence-corrected chi connectivity index (χ2v) is 3.68. The summed E-state index contributed by atoms with van der Waals surface area (Å²) >= 11 is 0. The average molecular weight is 171 g/mol. The van der Waals surface area contributed by atoms with E-state index in [4.69, 9.17) is 5.26 Å². The lowest BCUT2D eigenvalue weighted by molar-refractivity contribution is 0.721. The lowest BCUT2D eigenvalue weighted by Crippen LogP contribution is -1.95. The van der Waals surface area contributed by atoms with Gasteiger partial charge in [-0.2, -0.15) is 5.26 Å². The Morgan fingerprint density at radius 3 is 2.54 bits per heavy atom. The van der Waals surface area contributed by atoms with E-state index in [-0.39, 0.29) is 0 Å². The maximum Gasteiger partial charge on any atom is 0.0994 e. The van der Waals surface area contributed by atoms with E-state index in [1.54, 1.807) is 0 Å². The SMILES string of the molecule is N#Cc1ccccc1C1CCCC1. The van der Waals surface area contributed by atoms with Gasteiger partial charge in [-0.3, -0.25) is 0 Å². The first-order valence-corrected chi connectivity index (χ1v) is 4.91. The summed E-state index contributed by atoms with van der Waals surface area (Å²) < 4.78 is 0. The number of benzene rings is 1. The van der Waals surface area contributed by atoms with Crippen molar-refractivity contribution in [3.05, 3.63) is 35.4 Å². The second-order valence-electron chi connectivity index (χ2n) is 3.68. The number of nitriles is 1. The lowest BCUT2D eigenvalue weighted by Gasteiger charge is -2.10. The fourth-order valence-corrected chi connectivity index (χ4v) is 2.19. The Kier molecular flexibility index (Phi) is 2.31. The van der Waals surface area contributed by atoms with Crippen LogP contribution in [0.4, 0.5) is 0 Å². The molecule has 0 aromatic heterocycles. The predicted molar refractivity (Wildman–Crippen MR) is 52.4 cm³/mol. The molecule has 0 spiro atoms. The van der Waals surface area contributed by atoms with Crippen LogP contribution >= 0.6 is 0 Å². The van der Waals surface area contributed by atoms with Gasteiger partial charge in [-0.25, -0.2) is 0 Å². The number of rotatable bonds is 1. The van der Waals surface area contributed by atoms with Gasteiger partial charge in [0.25, 0.3) is 0 Å². The average Bonchev–Trinajstić information content (AvgIpc) is 2.70. The summed E-state index contributed by atoms with van der Waals surface area (Å²) in [7, 11) is 0. The highest BCUT2D eigenvalue weighted by atomic mass is 14.3. The first kappa shape index (κ1) is 8.31. The molecule has 0 radical (unpaired) electrons. The van der Waals surface area contributed by atoms with Crippen molar-refractivity contribution in [2.45, 2.75) is 31.6 Å². The molecule has 0 N–H and O–H groups in total. The monoisotopic (exact) mass is 171 g/mol. The summed E-state index contributed by atoms with van der Waals surface area (Å²) in [6.07, 6.45) is 5.17. The largest absolute Gasteiger partial charge is 0.192 e. The Morgan fingerprint density at radius 2 is 1.85 bits per heavy atom. The third kappa shape index (κ3) is 1.58. The summed E-state index contributed by atoms with van der Waals surface area (Å²) in [6.45, 7) is 0. The van der Waals surface area contributed by atoms with Crippen LogP contribution in [0.2, 0.25) is 0 Å². The van der Waals surface area contributed by atoms with Gasteiger partial charge in [0.1, 0.15) is 0 Å². The van der Waals surface area contributed by atoms with Crippen molar-refractivity contribution < 1.29 is 0 Å². The molecule has 1 saturated carbocycles. The van der Waals surface area contributed by atoms with Crippen LogP contribution in [0.25, 0.3) is 0 Å². The summed E-state index contributed by atoms with van der Waals surface area (Å²) in [6, 6.07) is 10.3. The molecule has 1 fully saturated rings. The van der Waals surface area contributed by atoms with Crippen LogP contribution in [0.15, 0.2) is 24.3 Å². The minimum absolute atomic E-state index is 0.649. The predicted octanol–water partition coefficient (Wildman–Crippen LogP) is 3.22. The van der Waals surface area contributed by atoms with Crippen molar-refractivity contribution in [1.29, 1.82) is 5.26 Å². The highest BCUT2D eigenvalue weighted by Gasteiger charge is 2.18. The molecule has 1 aromatic carbocycles. The highest BCUT2D eigenvalue weighted by molar-refractivity contribution is 5.39. The van der Waals surface area contributed by atoms with Crippen LogP contribution in [0.3, 0.4) is 0 Å². The smallest absolute Gasteiger partial charge is 0.0994 e. The van der Waals surface area contributed by atoms with Gasteiger partial charge in [0.05, 0.1) is 11.6 Å². The summed E-state index contributed by atoms with van der Waals surface area (Å²) in [5.74, 6) is 0.649. The van der Waals surface area contributed by atoms with E-state index in [1.165, 1.54) is 31.2 Å². The van der Waals surface area contributed by atoms with Crippen LogP contribution < -0.4 is 0 Å². The zero-order chi connectivity index (χ0) is 9.10. The minimum atomic E-state index is 0.649. The Morgan fingerprint density at radius 1 is 1.15 bits per heavy atom. The zero-order valence-corrected chi connectivity index (χ0v) is 7.66. The van der Waals surface area contributed by atoms with E-state index in [1.807, 2.05) is 18.2 Å². The number of hydrogen-bond acceptors (Lipinski definition) is 1. The molecule has 1 nitrogen and oxygen atoms in total. The van der Waals surface area contributed by atoms with E-state index in [0.717, 1.165) is 5.56 Å². The summed E-state index contributed by atoms with van der Waals surface area (Å²) in [5, 5.41) is 8.93. The molecule has 0 atom stereocenters. The summed E-state index contributed by atoms with van der Waals surface area (Å²) in [5.41, 5.74) is 2.14. The third-order valence-electron chi connectivity index (χ3n) is 2.88. The van der Waals surface area contributed by atoms with Gasteiger partial charge in [-0.15, -0.1) is 0 Å². The van der Waals surface area contributed by atoms with Crippen LogP contribution in [0, 0.1) is 11.3 Å². The number of nitrogens with zero attached hydrogens (tertiary/aromatic N) is 1. The Labute approximate surface area is 79.0 Å². The first-order valence-electron chi connectivity index (χ1n) is 4.91. The quantitative estimate of drug-likeness (QED) is 0.636. The van der Waals surface area contributed by atoms with Gasteiger partial charge in [-0.1, -0.05) is 31.0 Å². The zero-order valence-electron chi connectivity index (χ0n) is 7.66. The maximum atomic E-state index is 8.93. The molecule has 1 aromatic rings. The fourth-order valence-electron chi connectivity index (χ4n) is 2.19. The Bertz CT molecular complexity index is 329. The molecule has 1 heteroatoms. The maximum absolute atomic E-state index is 8.93. The first-order chi connectivity index (χ1) is 6.42. The molecule has 1 aliphatic carbocycles. The van der Waals surface area contributed by atoms with E-state index in [9.17, 15) is 0 Å².